The van der Waals surface area contributed by atoms with Gasteiger partial charge in [0.2, 0.25) is 5.91 Å². The molecule has 1 aromatic heterocycles. The Morgan fingerprint density at radius 1 is 1.11 bits per heavy atom. The second kappa shape index (κ2) is 7.72. The van der Waals surface area contributed by atoms with Crippen LogP contribution in [0.2, 0.25) is 5.02 Å². The van der Waals surface area contributed by atoms with Crippen LogP contribution in [-0.4, -0.2) is 20.7 Å². The number of anilines is 1. The minimum atomic E-state index is -0.801. The van der Waals surface area contributed by atoms with Crippen molar-refractivity contribution in [2.24, 2.45) is 0 Å². The average Bonchev–Trinajstić information content (AvgIpc) is 2.60. The number of carbonyl (C=O) groups is 1. The standard InChI is InChI=1S/C20H19ClN4O2/c1-12-8-13(2)10-17(9-12)23-19(26)14(3)25-20(27)24-18(11-22-25)15-4-6-16(21)7-5-15/h4-11,14H,1-3H3,(H,23,26)/t14-/m0/s1. The lowest BCUT2D eigenvalue weighted by atomic mass is 10.1. The Morgan fingerprint density at radius 3 is 2.33 bits per heavy atom. The molecule has 0 bridgehead atoms. The molecule has 3 aromatic rings. The molecule has 1 amide bonds. The lowest BCUT2D eigenvalue weighted by molar-refractivity contribution is -0.119. The maximum Gasteiger partial charge on any atom is 0.365 e. The van der Waals surface area contributed by atoms with Crippen molar-refractivity contribution in [2.75, 3.05) is 5.32 Å². The van der Waals surface area contributed by atoms with Crippen LogP contribution in [0, 0.1) is 13.8 Å². The summed E-state index contributed by atoms with van der Waals surface area (Å²) in [4.78, 5) is 28.9. The minimum absolute atomic E-state index is 0.337. The number of nitrogens with zero attached hydrogens (tertiary/aromatic N) is 3. The predicted octanol–water partition coefficient (Wildman–Crippen LogP) is 3.78. The topological polar surface area (TPSA) is 76.9 Å². The van der Waals surface area contributed by atoms with E-state index in [1.165, 1.54) is 6.20 Å². The third kappa shape index (κ3) is 4.41. The first-order valence-corrected chi connectivity index (χ1v) is 8.82. The van der Waals surface area contributed by atoms with Crippen LogP contribution in [0.4, 0.5) is 5.69 Å². The van der Waals surface area contributed by atoms with E-state index in [-0.39, 0.29) is 5.91 Å². The van der Waals surface area contributed by atoms with Crippen molar-refractivity contribution in [1.29, 1.82) is 0 Å². The Balaban J connectivity index is 1.81. The maximum atomic E-state index is 12.5. The number of aromatic nitrogens is 3. The molecule has 0 aliphatic carbocycles. The van der Waals surface area contributed by atoms with Gasteiger partial charge in [0.15, 0.2) is 0 Å². The highest BCUT2D eigenvalue weighted by atomic mass is 35.5. The number of benzene rings is 2. The van der Waals surface area contributed by atoms with Gasteiger partial charge in [0, 0.05) is 16.3 Å². The molecule has 6 nitrogen and oxygen atoms in total. The number of hydrogen-bond donors (Lipinski definition) is 1. The van der Waals surface area contributed by atoms with Crippen molar-refractivity contribution < 1.29 is 4.79 Å². The Morgan fingerprint density at radius 2 is 1.74 bits per heavy atom. The van der Waals surface area contributed by atoms with Gasteiger partial charge in [-0.3, -0.25) is 4.79 Å². The molecular weight excluding hydrogens is 364 g/mol. The van der Waals surface area contributed by atoms with E-state index in [1.807, 2.05) is 32.0 Å². The van der Waals surface area contributed by atoms with Crippen molar-refractivity contribution in [3.05, 3.63) is 75.3 Å². The normalized spacial score (nSPS) is 11.9. The lowest BCUT2D eigenvalue weighted by Crippen LogP contribution is -2.34. The van der Waals surface area contributed by atoms with E-state index in [1.54, 1.807) is 31.2 Å². The van der Waals surface area contributed by atoms with E-state index >= 15 is 0 Å². The van der Waals surface area contributed by atoms with Crippen LogP contribution in [0.25, 0.3) is 11.3 Å². The van der Waals surface area contributed by atoms with Gasteiger partial charge in [0.25, 0.3) is 0 Å². The molecule has 0 aliphatic rings. The Labute approximate surface area is 161 Å². The second-order valence-corrected chi connectivity index (χ2v) is 6.85. The highest BCUT2D eigenvalue weighted by Crippen LogP contribution is 2.18. The Bertz CT molecular complexity index is 1020. The Hall–Kier alpha value is -2.99. The van der Waals surface area contributed by atoms with Gasteiger partial charge in [-0.05, 0) is 56.2 Å². The summed E-state index contributed by atoms with van der Waals surface area (Å²) in [7, 11) is 0. The van der Waals surface area contributed by atoms with Crippen molar-refractivity contribution in [2.45, 2.75) is 26.8 Å². The molecule has 0 unspecified atom stereocenters. The molecule has 2 aromatic carbocycles. The first kappa shape index (κ1) is 18.8. The monoisotopic (exact) mass is 382 g/mol. The predicted molar refractivity (Wildman–Crippen MR) is 106 cm³/mol. The van der Waals surface area contributed by atoms with Crippen LogP contribution in [0.3, 0.4) is 0 Å². The molecule has 3 rings (SSSR count). The van der Waals surface area contributed by atoms with Crippen molar-refractivity contribution in [1.82, 2.24) is 14.8 Å². The summed E-state index contributed by atoms with van der Waals surface area (Å²) in [5.41, 5.74) is 3.33. The molecule has 7 heteroatoms. The molecule has 0 fully saturated rings. The van der Waals surface area contributed by atoms with E-state index in [9.17, 15) is 9.59 Å². The van der Waals surface area contributed by atoms with Crippen molar-refractivity contribution >= 4 is 23.2 Å². The number of nitrogens with one attached hydrogen (secondary N) is 1. The van der Waals surface area contributed by atoms with E-state index in [0.29, 0.717) is 16.4 Å². The quantitative estimate of drug-likeness (QED) is 0.745. The molecule has 1 atom stereocenters. The van der Waals surface area contributed by atoms with Crippen LogP contribution in [0.1, 0.15) is 24.1 Å². The largest absolute Gasteiger partial charge is 0.365 e. The van der Waals surface area contributed by atoms with Crippen LogP contribution in [0.15, 0.2) is 53.5 Å². The highest BCUT2D eigenvalue weighted by Gasteiger charge is 2.19. The highest BCUT2D eigenvalue weighted by molar-refractivity contribution is 6.30. The Kier molecular flexibility index (Phi) is 5.37. The molecule has 1 N–H and O–H groups in total. The smallest absolute Gasteiger partial charge is 0.324 e. The van der Waals surface area contributed by atoms with E-state index < -0.39 is 11.7 Å². The van der Waals surface area contributed by atoms with Crippen LogP contribution < -0.4 is 11.0 Å². The summed E-state index contributed by atoms with van der Waals surface area (Å²) < 4.78 is 1.07. The number of carbonyl (C=O) groups excluding carboxylic acids is 1. The van der Waals surface area contributed by atoms with Gasteiger partial charge in [-0.2, -0.15) is 10.1 Å². The van der Waals surface area contributed by atoms with Gasteiger partial charge in [-0.25, -0.2) is 9.48 Å². The van der Waals surface area contributed by atoms with E-state index in [2.05, 4.69) is 15.4 Å². The van der Waals surface area contributed by atoms with Crippen LogP contribution in [-0.2, 0) is 4.79 Å². The number of halogens is 1. The fourth-order valence-corrected chi connectivity index (χ4v) is 2.91. The van der Waals surface area contributed by atoms with E-state index in [4.69, 9.17) is 11.6 Å². The molecule has 138 valence electrons. The van der Waals surface area contributed by atoms with Gasteiger partial charge in [0.05, 0.1) is 11.9 Å². The first-order valence-electron chi connectivity index (χ1n) is 8.44. The van der Waals surface area contributed by atoms with Gasteiger partial charge >= 0.3 is 5.69 Å². The second-order valence-electron chi connectivity index (χ2n) is 6.42. The first-order chi connectivity index (χ1) is 12.8. The molecule has 0 saturated heterocycles. The fraction of sp³-hybridized carbons (Fsp3) is 0.200. The van der Waals surface area contributed by atoms with Crippen molar-refractivity contribution in [3.63, 3.8) is 0 Å². The van der Waals surface area contributed by atoms with Crippen molar-refractivity contribution in [3.8, 4) is 11.3 Å². The molecule has 1 heterocycles. The molecule has 0 radical (unpaired) electrons. The van der Waals surface area contributed by atoms with Crippen LogP contribution in [0.5, 0.6) is 0 Å². The zero-order chi connectivity index (χ0) is 19.6. The summed E-state index contributed by atoms with van der Waals surface area (Å²) in [6.07, 6.45) is 1.46. The summed E-state index contributed by atoms with van der Waals surface area (Å²) in [6, 6.07) is 11.9. The number of hydrogen-bond acceptors (Lipinski definition) is 4. The summed E-state index contributed by atoms with van der Waals surface area (Å²) in [5, 5.41) is 7.54. The average molecular weight is 383 g/mol. The molecule has 0 aliphatic heterocycles. The zero-order valence-electron chi connectivity index (χ0n) is 15.2. The molecule has 0 saturated carbocycles. The molecule has 0 spiro atoms. The maximum absolute atomic E-state index is 12.5. The van der Waals surface area contributed by atoms with Gasteiger partial charge < -0.3 is 5.32 Å². The number of amides is 1. The molecular formula is C20H19ClN4O2. The summed E-state index contributed by atoms with van der Waals surface area (Å²) in [6.45, 7) is 5.52. The molecule has 27 heavy (non-hydrogen) atoms. The number of aryl methyl sites for hydroxylation is 2. The lowest BCUT2D eigenvalue weighted by Gasteiger charge is -2.14. The van der Waals surface area contributed by atoms with Gasteiger partial charge in [-0.15, -0.1) is 0 Å². The summed E-state index contributed by atoms with van der Waals surface area (Å²) >= 11 is 5.87. The third-order valence-electron chi connectivity index (χ3n) is 4.09. The third-order valence-corrected chi connectivity index (χ3v) is 4.34. The van der Waals surface area contributed by atoms with Crippen LogP contribution >= 0.6 is 11.6 Å². The fourth-order valence-electron chi connectivity index (χ4n) is 2.78. The van der Waals surface area contributed by atoms with Gasteiger partial charge in [0.1, 0.15) is 6.04 Å². The van der Waals surface area contributed by atoms with Gasteiger partial charge in [-0.1, -0.05) is 29.8 Å². The van der Waals surface area contributed by atoms with E-state index in [0.717, 1.165) is 21.4 Å². The minimum Gasteiger partial charge on any atom is -0.324 e. The summed E-state index contributed by atoms with van der Waals surface area (Å²) in [5.74, 6) is -0.337. The number of rotatable bonds is 4. The zero-order valence-corrected chi connectivity index (χ0v) is 16.0. The SMILES string of the molecule is Cc1cc(C)cc(NC(=O)[C@H](C)n2ncc(-c3ccc(Cl)cc3)nc2=O)c1.